The van der Waals surface area contributed by atoms with Crippen LogP contribution in [0.3, 0.4) is 0 Å². The third-order valence-electron chi connectivity index (χ3n) is 6.30. The van der Waals surface area contributed by atoms with Gasteiger partial charge in [-0.15, -0.1) is 5.10 Å². The molecule has 0 bridgehead atoms. The van der Waals surface area contributed by atoms with Gasteiger partial charge < -0.3 is 20.7 Å². The minimum atomic E-state index is -1.14. The lowest BCUT2D eigenvalue weighted by atomic mass is 10.1. The van der Waals surface area contributed by atoms with Crippen LogP contribution in [0.1, 0.15) is 18.9 Å². The molecular formula is C24H28F2N10O. The molecule has 0 unspecified atom stereocenters. The van der Waals surface area contributed by atoms with Gasteiger partial charge >= 0.3 is 0 Å². The van der Waals surface area contributed by atoms with Crippen LogP contribution in [-0.4, -0.2) is 80.2 Å². The summed E-state index contributed by atoms with van der Waals surface area (Å²) in [4.78, 5) is 6.18. The van der Waals surface area contributed by atoms with E-state index in [0.717, 1.165) is 41.7 Å². The van der Waals surface area contributed by atoms with Crippen molar-refractivity contribution in [3.63, 3.8) is 0 Å². The lowest BCUT2D eigenvalue weighted by Gasteiger charge is -2.22. The summed E-state index contributed by atoms with van der Waals surface area (Å²) in [5.41, 5.74) is 7.95. The fourth-order valence-electron chi connectivity index (χ4n) is 4.22. The molecule has 0 amide bonds. The van der Waals surface area contributed by atoms with Crippen molar-refractivity contribution in [1.29, 1.82) is 0 Å². The molecule has 1 saturated heterocycles. The number of nitrogens with zero attached hydrogens (tertiary/aromatic N) is 8. The molecule has 1 aromatic carbocycles. The molecule has 37 heavy (non-hydrogen) atoms. The molecule has 0 radical (unpaired) electrons. The molecule has 3 N–H and O–H groups in total. The third kappa shape index (κ3) is 5.13. The number of nitrogen functional groups attached to an aromatic ring is 1. The number of anilines is 1. The SMILES string of the molecule is CN(C)CCOc1ccc(-n2nnnc2-c2cc(-c3cnn(C4CCNCC4)c3)cnc2N)c(F)c1F. The number of rotatable bonds is 8. The van der Waals surface area contributed by atoms with Crippen molar-refractivity contribution in [3.05, 3.63) is 48.4 Å². The molecule has 1 aliphatic rings. The van der Waals surface area contributed by atoms with E-state index in [2.05, 4.69) is 30.9 Å². The maximum Gasteiger partial charge on any atom is 0.202 e. The second-order valence-electron chi connectivity index (χ2n) is 9.12. The highest BCUT2D eigenvalue weighted by molar-refractivity contribution is 5.76. The van der Waals surface area contributed by atoms with Gasteiger partial charge in [-0.25, -0.2) is 9.37 Å². The molecule has 4 aromatic rings. The molecule has 1 aliphatic heterocycles. The fourth-order valence-corrected chi connectivity index (χ4v) is 4.22. The second kappa shape index (κ2) is 10.6. The zero-order valence-corrected chi connectivity index (χ0v) is 20.6. The fraction of sp³-hybridized carbons (Fsp3) is 0.375. The first-order chi connectivity index (χ1) is 17.9. The second-order valence-corrected chi connectivity index (χ2v) is 9.12. The highest BCUT2D eigenvalue weighted by atomic mass is 19.2. The maximum absolute atomic E-state index is 15.1. The van der Waals surface area contributed by atoms with Crippen LogP contribution in [0.15, 0.2) is 36.8 Å². The Morgan fingerprint density at radius 3 is 2.73 bits per heavy atom. The summed E-state index contributed by atoms with van der Waals surface area (Å²) < 4.78 is 38.3. The highest BCUT2D eigenvalue weighted by Crippen LogP contribution is 2.32. The van der Waals surface area contributed by atoms with Gasteiger partial charge in [-0.05, 0) is 68.7 Å². The van der Waals surface area contributed by atoms with E-state index in [4.69, 9.17) is 10.5 Å². The van der Waals surface area contributed by atoms with Gasteiger partial charge in [-0.2, -0.15) is 14.2 Å². The molecule has 3 aromatic heterocycles. The predicted octanol–water partition coefficient (Wildman–Crippen LogP) is 2.31. The zero-order chi connectivity index (χ0) is 25.9. The van der Waals surface area contributed by atoms with Crippen LogP contribution in [0.4, 0.5) is 14.6 Å². The van der Waals surface area contributed by atoms with Crippen molar-refractivity contribution in [1.82, 2.24) is 45.2 Å². The first kappa shape index (κ1) is 24.7. The van der Waals surface area contributed by atoms with Crippen LogP contribution < -0.4 is 15.8 Å². The summed E-state index contributed by atoms with van der Waals surface area (Å²) in [5, 5.41) is 19.5. The first-order valence-electron chi connectivity index (χ1n) is 12.0. The summed E-state index contributed by atoms with van der Waals surface area (Å²) in [6.07, 6.45) is 7.38. The van der Waals surface area contributed by atoms with Crippen molar-refractivity contribution in [2.75, 3.05) is 46.1 Å². The van der Waals surface area contributed by atoms with Crippen molar-refractivity contribution >= 4 is 5.82 Å². The Hall–Kier alpha value is -3.97. The van der Waals surface area contributed by atoms with E-state index in [1.54, 1.807) is 18.5 Å². The number of piperidine rings is 1. The third-order valence-corrected chi connectivity index (χ3v) is 6.30. The molecule has 0 aliphatic carbocycles. The van der Waals surface area contributed by atoms with E-state index >= 15 is 4.39 Å². The maximum atomic E-state index is 15.1. The monoisotopic (exact) mass is 510 g/mol. The summed E-state index contributed by atoms with van der Waals surface area (Å²) in [6, 6.07) is 4.81. The van der Waals surface area contributed by atoms with Crippen LogP contribution >= 0.6 is 0 Å². The minimum absolute atomic E-state index is 0.122. The minimum Gasteiger partial charge on any atom is -0.489 e. The van der Waals surface area contributed by atoms with E-state index in [1.165, 1.54) is 12.1 Å². The Kier molecular flexibility index (Phi) is 7.06. The zero-order valence-electron chi connectivity index (χ0n) is 20.6. The number of hydrogen-bond acceptors (Lipinski definition) is 9. The molecule has 11 nitrogen and oxygen atoms in total. The van der Waals surface area contributed by atoms with Crippen LogP contribution in [0.25, 0.3) is 28.2 Å². The van der Waals surface area contributed by atoms with Gasteiger partial charge in [0.05, 0.1) is 17.8 Å². The summed E-state index contributed by atoms with van der Waals surface area (Å²) in [7, 11) is 3.72. The molecular weight excluding hydrogens is 482 g/mol. The number of hydrogen-bond donors (Lipinski definition) is 2. The number of likely N-dealkylation sites (N-methyl/N-ethyl adjacent to an activating group) is 1. The summed E-state index contributed by atoms with van der Waals surface area (Å²) >= 11 is 0. The number of nitrogens with one attached hydrogen (secondary N) is 1. The van der Waals surface area contributed by atoms with Crippen molar-refractivity contribution in [2.24, 2.45) is 0 Å². The lowest BCUT2D eigenvalue weighted by Crippen LogP contribution is -2.29. The Bertz CT molecular complexity index is 1380. The van der Waals surface area contributed by atoms with E-state index in [1.807, 2.05) is 29.9 Å². The average molecular weight is 511 g/mol. The van der Waals surface area contributed by atoms with Gasteiger partial charge in [-0.1, -0.05) is 0 Å². The molecule has 1 fully saturated rings. The van der Waals surface area contributed by atoms with Gasteiger partial charge in [0.1, 0.15) is 18.1 Å². The highest BCUT2D eigenvalue weighted by Gasteiger charge is 2.22. The molecule has 0 spiro atoms. The van der Waals surface area contributed by atoms with Gasteiger partial charge in [0, 0.05) is 30.1 Å². The Morgan fingerprint density at radius 1 is 1.14 bits per heavy atom. The van der Waals surface area contributed by atoms with E-state index < -0.39 is 11.6 Å². The quantitative estimate of drug-likeness (QED) is 0.367. The Balaban J connectivity index is 1.45. The van der Waals surface area contributed by atoms with Gasteiger partial charge in [0.25, 0.3) is 0 Å². The molecule has 5 rings (SSSR count). The largest absolute Gasteiger partial charge is 0.489 e. The molecule has 0 saturated carbocycles. The molecule has 4 heterocycles. The lowest BCUT2D eigenvalue weighted by molar-refractivity contribution is 0.249. The number of benzene rings is 1. The molecule has 0 atom stereocenters. The van der Waals surface area contributed by atoms with E-state index in [-0.39, 0.29) is 29.7 Å². The number of tetrazole rings is 1. The first-order valence-corrected chi connectivity index (χ1v) is 12.0. The average Bonchev–Trinajstić information content (AvgIpc) is 3.58. The van der Waals surface area contributed by atoms with Crippen molar-refractivity contribution < 1.29 is 13.5 Å². The summed E-state index contributed by atoms with van der Waals surface area (Å²) in [5.74, 6) is -2.18. The van der Waals surface area contributed by atoms with Crippen molar-refractivity contribution in [2.45, 2.75) is 18.9 Å². The normalized spacial score (nSPS) is 14.4. The standard InChI is InChI=1S/C24H28F2N10O/c1-34(2)9-10-37-20-4-3-19(21(25)22(20)26)36-24(31-32-33-36)18-11-15(12-29-23(18)27)16-13-30-35(14-16)17-5-7-28-8-6-17/h3-4,11-14,17,28H,5-10H2,1-2H3,(H2,27,29). The molecule has 13 heteroatoms. The number of aromatic nitrogens is 7. The number of pyridine rings is 1. The van der Waals surface area contributed by atoms with Crippen molar-refractivity contribution in [3.8, 4) is 34.0 Å². The predicted molar refractivity (Wildman–Crippen MR) is 133 cm³/mol. The number of nitrogens with two attached hydrogens (primary N) is 1. The Morgan fingerprint density at radius 2 is 1.95 bits per heavy atom. The smallest absolute Gasteiger partial charge is 0.202 e. The Labute approximate surface area is 212 Å². The van der Waals surface area contributed by atoms with Crippen LogP contribution in [0, 0.1) is 11.6 Å². The number of halogens is 2. The van der Waals surface area contributed by atoms with Gasteiger partial charge in [0.15, 0.2) is 17.4 Å². The number of ether oxygens (including phenoxy) is 1. The topological polar surface area (TPSA) is 125 Å². The van der Waals surface area contributed by atoms with Gasteiger partial charge in [-0.3, -0.25) is 4.68 Å². The van der Waals surface area contributed by atoms with Crippen LogP contribution in [-0.2, 0) is 0 Å². The van der Waals surface area contributed by atoms with E-state index in [0.29, 0.717) is 18.2 Å². The molecule has 194 valence electrons. The van der Waals surface area contributed by atoms with Gasteiger partial charge in [0.2, 0.25) is 5.82 Å². The van der Waals surface area contributed by atoms with Crippen LogP contribution in [0.5, 0.6) is 5.75 Å². The van der Waals surface area contributed by atoms with Crippen LogP contribution in [0.2, 0.25) is 0 Å². The summed E-state index contributed by atoms with van der Waals surface area (Å²) in [6.45, 7) is 2.67. The van der Waals surface area contributed by atoms with E-state index in [9.17, 15) is 4.39 Å².